The lowest BCUT2D eigenvalue weighted by Gasteiger charge is -2.38. The quantitative estimate of drug-likeness (QED) is 0.310. The van der Waals surface area contributed by atoms with Crippen LogP contribution in [0.2, 0.25) is 0 Å². The highest BCUT2D eigenvalue weighted by Crippen LogP contribution is 2.39. The average Bonchev–Trinajstić information content (AvgIpc) is 3.41. The largest absolute Gasteiger partial charge is 0.491 e. The molecule has 244 valence electrons. The van der Waals surface area contributed by atoms with Crippen molar-refractivity contribution in [3.63, 3.8) is 0 Å². The van der Waals surface area contributed by atoms with Crippen LogP contribution in [-0.4, -0.2) is 104 Å². The molecule has 0 aliphatic carbocycles. The number of benzene rings is 2. The van der Waals surface area contributed by atoms with E-state index in [2.05, 4.69) is 28.8 Å². The summed E-state index contributed by atoms with van der Waals surface area (Å²) in [5.41, 5.74) is 0.428. The molecule has 12 nitrogen and oxygen atoms in total. The van der Waals surface area contributed by atoms with Crippen LogP contribution in [0.3, 0.4) is 0 Å². The standard InChI is InChI=1S/C30H44N4O8S2/c1-22(2)19-33-13-14-40-29-8-7-27(16-28(29)33)44(38,39)34-11-9-30(10-12-34)17-23(20-42-30)32-18-24(35)21-41-25-5-4-6-26(15-25)43(36,37)31-3/h4-8,15-16,22-24,31-32,35H,9-14,17-21H2,1-3H3. The van der Waals surface area contributed by atoms with E-state index >= 15 is 0 Å². The molecule has 2 aromatic rings. The molecule has 44 heavy (non-hydrogen) atoms. The van der Waals surface area contributed by atoms with Gasteiger partial charge in [-0.2, -0.15) is 4.31 Å². The Labute approximate surface area is 260 Å². The molecule has 5 rings (SSSR count). The number of aliphatic hydroxyl groups is 1. The molecule has 2 unspecified atom stereocenters. The molecule has 0 bridgehead atoms. The van der Waals surface area contributed by atoms with Gasteiger partial charge in [-0.3, -0.25) is 0 Å². The van der Waals surface area contributed by atoms with Gasteiger partial charge < -0.3 is 29.5 Å². The molecule has 0 saturated carbocycles. The fraction of sp³-hybridized carbons (Fsp3) is 0.600. The lowest BCUT2D eigenvalue weighted by molar-refractivity contribution is -0.0312. The molecular weight excluding hydrogens is 608 g/mol. The van der Waals surface area contributed by atoms with Gasteiger partial charge in [-0.1, -0.05) is 19.9 Å². The summed E-state index contributed by atoms with van der Waals surface area (Å²) in [6, 6.07) is 11.3. The summed E-state index contributed by atoms with van der Waals surface area (Å²) >= 11 is 0. The summed E-state index contributed by atoms with van der Waals surface area (Å²) in [5, 5.41) is 13.8. The minimum atomic E-state index is -3.67. The molecule has 14 heteroatoms. The summed E-state index contributed by atoms with van der Waals surface area (Å²) in [6.45, 7) is 7.92. The van der Waals surface area contributed by atoms with Crippen LogP contribution in [0.4, 0.5) is 5.69 Å². The molecule has 3 aliphatic heterocycles. The van der Waals surface area contributed by atoms with Crippen LogP contribution in [0, 0.1) is 5.92 Å². The van der Waals surface area contributed by atoms with Crippen LogP contribution in [0.25, 0.3) is 0 Å². The van der Waals surface area contributed by atoms with Crippen LogP contribution in [0.5, 0.6) is 11.5 Å². The van der Waals surface area contributed by atoms with Crippen LogP contribution in [-0.2, 0) is 24.8 Å². The van der Waals surface area contributed by atoms with E-state index in [-0.39, 0.29) is 29.0 Å². The van der Waals surface area contributed by atoms with Gasteiger partial charge in [0.15, 0.2) is 0 Å². The molecule has 3 N–H and O–H groups in total. The SMILES string of the molecule is CNS(=O)(=O)c1cccc(OCC(O)CNC2COC3(CCN(S(=O)(=O)c4ccc5c(c4)N(CC(C)C)CCO5)CC3)C2)c1. The Morgan fingerprint density at radius 3 is 2.57 bits per heavy atom. The number of piperidine rings is 1. The third-order valence-corrected chi connectivity index (χ3v) is 11.7. The maximum Gasteiger partial charge on any atom is 0.243 e. The lowest BCUT2D eigenvalue weighted by Crippen LogP contribution is -2.47. The van der Waals surface area contributed by atoms with Gasteiger partial charge in [-0.05, 0) is 62.6 Å². The van der Waals surface area contributed by atoms with Gasteiger partial charge in [0.2, 0.25) is 20.0 Å². The number of nitrogens with one attached hydrogen (secondary N) is 2. The summed E-state index contributed by atoms with van der Waals surface area (Å²) in [5.74, 6) is 1.51. The number of fused-ring (bicyclic) bond motifs is 1. The van der Waals surface area contributed by atoms with Crippen molar-refractivity contribution >= 4 is 25.7 Å². The number of ether oxygens (including phenoxy) is 3. The van der Waals surface area contributed by atoms with Crippen molar-refractivity contribution in [1.29, 1.82) is 0 Å². The molecule has 3 aliphatic rings. The zero-order valence-corrected chi connectivity index (χ0v) is 27.2. The van der Waals surface area contributed by atoms with E-state index in [0.717, 1.165) is 30.9 Å². The van der Waals surface area contributed by atoms with E-state index in [0.29, 0.717) is 50.8 Å². The van der Waals surface area contributed by atoms with E-state index in [1.165, 1.54) is 19.2 Å². The first-order valence-electron chi connectivity index (χ1n) is 15.1. The second-order valence-electron chi connectivity index (χ2n) is 12.2. The summed E-state index contributed by atoms with van der Waals surface area (Å²) in [6.07, 6.45) is 1.09. The van der Waals surface area contributed by atoms with Crippen LogP contribution < -0.4 is 24.4 Å². The van der Waals surface area contributed by atoms with Crippen LogP contribution >= 0.6 is 0 Å². The zero-order valence-electron chi connectivity index (χ0n) is 25.6. The van der Waals surface area contributed by atoms with Crippen molar-refractivity contribution in [2.45, 2.75) is 60.6 Å². The highest BCUT2D eigenvalue weighted by molar-refractivity contribution is 7.89. The van der Waals surface area contributed by atoms with Gasteiger partial charge in [0.25, 0.3) is 0 Å². The highest BCUT2D eigenvalue weighted by atomic mass is 32.2. The number of anilines is 1. The molecule has 2 aromatic carbocycles. The summed E-state index contributed by atoms with van der Waals surface area (Å²) in [7, 11) is -5.92. The third-order valence-electron chi connectivity index (χ3n) is 8.42. The minimum Gasteiger partial charge on any atom is -0.491 e. The Hall–Kier alpha value is -2.46. The molecule has 0 aromatic heterocycles. The van der Waals surface area contributed by atoms with Gasteiger partial charge in [0.1, 0.15) is 30.8 Å². The topological polar surface area (TPSA) is 147 Å². The predicted molar refractivity (Wildman–Crippen MR) is 166 cm³/mol. The molecule has 2 saturated heterocycles. The van der Waals surface area contributed by atoms with Gasteiger partial charge in [-0.15, -0.1) is 0 Å². The van der Waals surface area contributed by atoms with Gasteiger partial charge >= 0.3 is 0 Å². The van der Waals surface area contributed by atoms with E-state index in [1.807, 2.05) is 0 Å². The number of rotatable bonds is 12. The normalized spacial score (nSPS) is 21.3. The molecular formula is C30H44N4O8S2. The van der Waals surface area contributed by atoms with Crippen LogP contribution in [0.15, 0.2) is 52.3 Å². The first-order chi connectivity index (χ1) is 20.9. The van der Waals surface area contributed by atoms with Crippen molar-refractivity contribution in [2.24, 2.45) is 5.92 Å². The minimum absolute atomic E-state index is 0.00829. The Bertz CT molecular complexity index is 1510. The molecule has 2 fully saturated rings. The van der Waals surface area contributed by atoms with Gasteiger partial charge in [0.05, 0.1) is 34.2 Å². The summed E-state index contributed by atoms with van der Waals surface area (Å²) < 4.78 is 72.7. The number of aliphatic hydroxyl groups excluding tert-OH is 1. The van der Waals surface area contributed by atoms with E-state index in [1.54, 1.807) is 34.6 Å². The fourth-order valence-corrected chi connectivity index (χ4v) is 8.28. The maximum atomic E-state index is 13.6. The second kappa shape index (κ2) is 13.5. The van der Waals surface area contributed by atoms with Crippen molar-refractivity contribution in [3.05, 3.63) is 42.5 Å². The molecule has 0 radical (unpaired) electrons. The molecule has 3 heterocycles. The Balaban J connectivity index is 1.10. The maximum absolute atomic E-state index is 13.6. The van der Waals surface area contributed by atoms with E-state index in [4.69, 9.17) is 14.2 Å². The van der Waals surface area contributed by atoms with Crippen molar-refractivity contribution < 1.29 is 36.2 Å². The average molecular weight is 653 g/mol. The molecule has 1 spiro atoms. The van der Waals surface area contributed by atoms with Crippen LogP contribution in [0.1, 0.15) is 33.1 Å². The Morgan fingerprint density at radius 1 is 1.07 bits per heavy atom. The number of sulfonamides is 2. The third kappa shape index (κ3) is 7.49. The molecule has 0 amide bonds. The predicted octanol–water partition coefficient (Wildman–Crippen LogP) is 1.79. The monoisotopic (exact) mass is 652 g/mol. The second-order valence-corrected chi connectivity index (χ2v) is 16.0. The Morgan fingerprint density at radius 2 is 1.84 bits per heavy atom. The number of hydrogen-bond acceptors (Lipinski definition) is 10. The lowest BCUT2D eigenvalue weighted by atomic mass is 9.88. The number of hydrogen-bond donors (Lipinski definition) is 3. The fourth-order valence-electron chi connectivity index (χ4n) is 6.05. The molecule has 2 atom stereocenters. The van der Waals surface area contributed by atoms with Crippen molar-refractivity contribution in [1.82, 2.24) is 14.3 Å². The summed E-state index contributed by atoms with van der Waals surface area (Å²) in [4.78, 5) is 2.57. The van der Waals surface area contributed by atoms with E-state index in [9.17, 15) is 21.9 Å². The van der Waals surface area contributed by atoms with Gasteiger partial charge in [-0.25, -0.2) is 21.6 Å². The zero-order chi connectivity index (χ0) is 31.5. The van der Waals surface area contributed by atoms with Crippen molar-refractivity contribution in [2.75, 3.05) is 64.5 Å². The van der Waals surface area contributed by atoms with Gasteiger partial charge in [0, 0.05) is 38.3 Å². The first-order valence-corrected chi connectivity index (χ1v) is 18.1. The highest BCUT2D eigenvalue weighted by Gasteiger charge is 2.45. The first kappa shape index (κ1) is 32.9. The Kier molecular flexibility index (Phi) is 10.1. The van der Waals surface area contributed by atoms with E-state index < -0.39 is 31.8 Å². The number of nitrogens with zero attached hydrogens (tertiary/aromatic N) is 2. The van der Waals surface area contributed by atoms with Crippen molar-refractivity contribution in [3.8, 4) is 11.5 Å². The smallest absolute Gasteiger partial charge is 0.243 e.